The van der Waals surface area contributed by atoms with Crippen molar-refractivity contribution >= 4 is 17.5 Å². The predicted molar refractivity (Wildman–Crippen MR) is 91.7 cm³/mol. The quantitative estimate of drug-likeness (QED) is 0.838. The van der Waals surface area contributed by atoms with Gasteiger partial charge in [0.05, 0.1) is 12.1 Å². The van der Waals surface area contributed by atoms with Gasteiger partial charge in [-0.1, -0.05) is 51.4 Å². The fourth-order valence-corrected chi connectivity index (χ4v) is 2.50. The average Bonchev–Trinajstić information content (AvgIpc) is 2.97. The van der Waals surface area contributed by atoms with Crippen LogP contribution in [0.4, 0.5) is 0 Å². The molecule has 130 valence electrons. The minimum absolute atomic E-state index is 0.131. The van der Waals surface area contributed by atoms with E-state index >= 15 is 0 Å². The van der Waals surface area contributed by atoms with Gasteiger partial charge in [-0.15, -0.1) is 10.2 Å². The minimum atomic E-state index is -0.188. The Kier molecular flexibility index (Phi) is 5.54. The molecule has 2 aromatic rings. The molecule has 0 atom stereocenters. The molecule has 24 heavy (non-hydrogen) atoms. The summed E-state index contributed by atoms with van der Waals surface area (Å²) in [5, 5.41) is 14.0. The molecule has 0 saturated heterocycles. The first-order chi connectivity index (χ1) is 11.2. The van der Waals surface area contributed by atoms with Gasteiger partial charge in [0, 0.05) is 17.7 Å². The maximum atomic E-state index is 12.9. The van der Waals surface area contributed by atoms with Crippen molar-refractivity contribution in [1.82, 2.24) is 30.5 Å². The monoisotopic (exact) mass is 350 g/mol. The van der Waals surface area contributed by atoms with Crippen LogP contribution >= 0.6 is 11.6 Å². The molecule has 0 spiro atoms. The van der Waals surface area contributed by atoms with E-state index in [1.54, 1.807) is 11.0 Å². The first-order valence-corrected chi connectivity index (χ1v) is 8.25. The second-order valence-electron chi connectivity index (χ2n) is 7.19. The Balaban J connectivity index is 2.28. The number of H-pyrrole nitrogens is 1. The Morgan fingerprint density at radius 3 is 2.54 bits per heavy atom. The van der Waals surface area contributed by atoms with E-state index < -0.39 is 0 Å². The summed E-state index contributed by atoms with van der Waals surface area (Å²) < 4.78 is 0. The summed E-state index contributed by atoms with van der Waals surface area (Å²) in [7, 11) is 0. The first kappa shape index (κ1) is 18.3. The molecule has 0 aromatic carbocycles. The summed E-state index contributed by atoms with van der Waals surface area (Å²) in [6.45, 7) is 11.1. The number of nitrogens with one attached hydrogen (secondary N) is 1. The standard InChI is InChI=1S/C16H23ClN6O/c1-10(2)8-23(9-13-19-21-22-20-13)15(24)11-6-7-12(16(3,4)5)18-14(11)17/h6-7,10H,8-9H2,1-5H3,(H,19,20,21,22). The topological polar surface area (TPSA) is 87.7 Å². The van der Waals surface area contributed by atoms with E-state index in [0.717, 1.165) is 5.69 Å². The molecule has 2 aromatic heterocycles. The van der Waals surface area contributed by atoms with Crippen LogP contribution in [0.5, 0.6) is 0 Å². The number of tetrazole rings is 1. The maximum Gasteiger partial charge on any atom is 0.257 e. The molecular weight excluding hydrogens is 328 g/mol. The summed E-state index contributed by atoms with van der Waals surface area (Å²) in [5.74, 6) is 0.562. The minimum Gasteiger partial charge on any atom is -0.331 e. The molecule has 0 aliphatic carbocycles. The second-order valence-corrected chi connectivity index (χ2v) is 7.55. The fraction of sp³-hybridized carbons (Fsp3) is 0.562. The predicted octanol–water partition coefficient (Wildman–Crippen LogP) is 2.84. The van der Waals surface area contributed by atoms with Gasteiger partial charge in [0.1, 0.15) is 5.15 Å². The second kappa shape index (κ2) is 7.25. The van der Waals surface area contributed by atoms with Gasteiger partial charge in [-0.2, -0.15) is 5.21 Å². The molecular formula is C16H23ClN6O. The molecule has 2 rings (SSSR count). The van der Waals surface area contributed by atoms with Crippen molar-refractivity contribution in [2.24, 2.45) is 5.92 Å². The number of hydrogen-bond acceptors (Lipinski definition) is 5. The van der Waals surface area contributed by atoms with Gasteiger partial charge in [-0.3, -0.25) is 4.79 Å². The third-order valence-corrected chi connectivity index (χ3v) is 3.73. The third kappa shape index (κ3) is 4.50. The summed E-state index contributed by atoms with van der Waals surface area (Å²) in [5.41, 5.74) is 1.10. The summed E-state index contributed by atoms with van der Waals surface area (Å²) in [4.78, 5) is 19.0. The largest absolute Gasteiger partial charge is 0.331 e. The molecule has 1 amide bonds. The molecule has 0 radical (unpaired) electrons. The van der Waals surface area contributed by atoms with E-state index in [2.05, 4.69) is 46.4 Å². The lowest BCUT2D eigenvalue weighted by Gasteiger charge is -2.24. The van der Waals surface area contributed by atoms with Crippen LogP contribution in [0, 0.1) is 5.92 Å². The van der Waals surface area contributed by atoms with Crippen LogP contribution in [-0.4, -0.2) is 43.0 Å². The van der Waals surface area contributed by atoms with Crippen molar-refractivity contribution in [3.63, 3.8) is 0 Å². The molecule has 0 aliphatic heterocycles. The smallest absolute Gasteiger partial charge is 0.257 e. The van der Waals surface area contributed by atoms with Gasteiger partial charge >= 0.3 is 0 Å². The summed E-state index contributed by atoms with van der Waals surface area (Å²) >= 11 is 6.28. The molecule has 0 bridgehead atoms. The number of rotatable bonds is 5. The number of carbonyl (C=O) groups is 1. The van der Waals surface area contributed by atoms with E-state index in [1.807, 2.05) is 19.9 Å². The number of hydrogen-bond donors (Lipinski definition) is 1. The number of aromatic amines is 1. The van der Waals surface area contributed by atoms with Gasteiger partial charge in [0.2, 0.25) is 0 Å². The molecule has 8 heteroatoms. The Morgan fingerprint density at radius 2 is 2.04 bits per heavy atom. The molecule has 0 aliphatic rings. The van der Waals surface area contributed by atoms with Crippen LogP contribution in [0.15, 0.2) is 12.1 Å². The van der Waals surface area contributed by atoms with Gasteiger partial charge in [0.25, 0.3) is 5.91 Å². The fourth-order valence-electron chi connectivity index (χ4n) is 2.26. The highest BCUT2D eigenvalue weighted by Crippen LogP contribution is 2.25. The summed E-state index contributed by atoms with van der Waals surface area (Å²) in [6, 6.07) is 3.59. The molecule has 0 fully saturated rings. The normalized spacial score (nSPS) is 11.8. The number of pyridine rings is 1. The van der Waals surface area contributed by atoms with Crippen molar-refractivity contribution in [2.45, 2.75) is 46.6 Å². The zero-order chi connectivity index (χ0) is 17.9. The zero-order valence-corrected chi connectivity index (χ0v) is 15.4. The zero-order valence-electron chi connectivity index (χ0n) is 14.7. The maximum absolute atomic E-state index is 12.9. The number of halogens is 1. The molecule has 0 saturated carbocycles. The Bertz CT molecular complexity index is 693. The lowest BCUT2D eigenvalue weighted by molar-refractivity contribution is 0.0717. The SMILES string of the molecule is CC(C)CN(Cc1nn[nH]n1)C(=O)c1ccc(C(C)(C)C)nc1Cl. The highest BCUT2D eigenvalue weighted by atomic mass is 35.5. The van der Waals surface area contributed by atoms with E-state index in [-0.39, 0.29) is 23.0 Å². The van der Waals surface area contributed by atoms with Crippen LogP contribution in [-0.2, 0) is 12.0 Å². The van der Waals surface area contributed by atoms with E-state index in [1.165, 1.54) is 0 Å². The van der Waals surface area contributed by atoms with Gasteiger partial charge in [-0.25, -0.2) is 4.98 Å². The van der Waals surface area contributed by atoms with Crippen LogP contribution in [0.25, 0.3) is 0 Å². The molecule has 7 nitrogen and oxygen atoms in total. The third-order valence-electron chi connectivity index (χ3n) is 3.44. The highest BCUT2D eigenvalue weighted by Gasteiger charge is 2.24. The van der Waals surface area contributed by atoms with E-state index in [0.29, 0.717) is 23.9 Å². The first-order valence-electron chi connectivity index (χ1n) is 7.87. The van der Waals surface area contributed by atoms with Crippen LogP contribution in [0.3, 0.4) is 0 Å². The lowest BCUT2D eigenvalue weighted by Crippen LogP contribution is -2.34. The Hall–Kier alpha value is -2.02. The van der Waals surface area contributed by atoms with Crippen LogP contribution in [0.1, 0.15) is 56.5 Å². The van der Waals surface area contributed by atoms with Gasteiger partial charge in [0.15, 0.2) is 5.82 Å². The highest BCUT2D eigenvalue weighted by molar-refractivity contribution is 6.32. The average molecular weight is 351 g/mol. The lowest BCUT2D eigenvalue weighted by atomic mass is 9.91. The number of amides is 1. The van der Waals surface area contributed by atoms with Crippen molar-refractivity contribution in [1.29, 1.82) is 0 Å². The van der Waals surface area contributed by atoms with Crippen molar-refractivity contribution in [3.8, 4) is 0 Å². The van der Waals surface area contributed by atoms with E-state index in [9.17, 15) is 4.79 Å². The van der Waals surface area contributed by atoms with Crippen molar-refractivity contribution < 1.29 is 4.79 Å². The molecule has 2 heterocycles. The van der Waals surface area contributed by atoms with E-state index in [4.69, 9.17) is 11.6 Å². The molecule has 0 unspecified atom stereocenters. The van der Waals surface area contributed by atoms with Gasteiger partial charge in [-0.05, 0) is 18.1 Å². The van der Waals surface area contributed by atoms with Crippen LogP contribution in [0.2, 0.25) is 5.15 Å². The Morgan fingerprint density at radius 1 is 1.33 bits per heavy atom. The number of aromatic nitrogens is 5. The number of nitrogens with zero attached hydrogens (tertiary/aromatic N) is 5. The summed E-state index contributed by atoms with van der Waals surface area (Å²) in [6.07, 6.45) is 0. The van der Waals surface area contributed by atoms with Crippen LogP contribution < -0.4 is 0 Å². The van der Waals surface area contributed by atoms with Crippen molar-refractivity contribution in [2.75, 3.05) is 6.54 Å². The number of carbonyl (C=O) groups excluding carboxylic acids is 1. The van der Waals surface area contributed by atoms with Gasteiger partial charge < -0.3 is 4.90 Å². The Labute approximate surface area is 146 Å². The molecule has 1 N–H and O–H groups in total. The van der Waals surface area contributed by atoms with Crippen molar-refractivity contribution in [3.05, 3.63) is 34.4 Å².